The van der Waals surface area contributed by atoms with E-state index in [9.17, 15) is 0 Å². The quantitative estimate of drug-likeness (QED) is 0.741. The molecule has 0 fully saturated rings. The number of hydrogen-bond acceptors (Lipinski definition) is 5. The number of methoxy groups -OCH3 is 1. The van der Waals surface area contributed by atoms with Gasteiger partial charge in [-0.1, -0.05) is 40.6 Å². The van der Waals surface area contributed by atoms with E-state index in [0.717, 1.165) is 48.1 Å². The molecule has 1 N–H and O–H groups in total. The summed E-state index contributed by atoms with van der Waals surface area (Å²) in [5.74, 6) is 0. The number of benzene rings is 1. The minimum Gasteiger partial charge on any atom is -0.383 e. The summed E-state index contributed by atoms with van der Waals surface area (Å²) in [7, 11) is 1.70. The maximum Gasteiger partial charge on any atom is 0.147 e. The van der Waals surface area contributed by atoms with Gasteiger partial charge in [0.2, 0.25) is 0 Å². The van der Waals surface area contributed by atoms with Crippen LogP contribution in [-0.4, -0.2) is 37.0 Å². The van der Waals surface area contributed by atoms with Crippen LogP contribution in [0.1, 0.15) is 11.4 Å². The van der Waals surface area contributed by atoms with Gasteiger partial charge >= 0.3 is 0 Å². The molecule has 4 nitrogen and oxygen atoms in total. The Hall–Kier alpha value is -0.720. The van der Waals surface area contributed by atoms with Crippen molar-refractivity contribution < 1.29 is 4.74 Å². The lowest BCUT2D eigenvalue weighted by atomic mass is 10.2. The van der Waals surface area contributed by atoms with Crippen molar-refractivity contribution in [3.8, 4) is 10.6 Å². The fourth-order valence-corrected chi connectivity index (χ4v) is 2.94. The Labute approximate surface area is 138 Å². The monoisotopic (exact) mass is 345 g/mol. The zero-order chi connectivity index (χ0) is 15.1. The molecule has 0 unspecified atom stereocenters. The summed E-state index contributed by atoms with van der Waals surface area (Å²) in [5.41, 5.74) is 0.950. The van der Waals surface area contributed by atoms with Crippen molar-refractivity contribution in [2.45, 2.75) is 12.8 Å². The van der Waals surface area contributed by atoms with Crippen LogP contribution in [0.3, 0.4) is 0 Å². The lowest BCUT2D eigenvalue weighted by molar-refractivity contribution is 0.199. The van der Waals surface area contributed by atoms with Crippen molar-refractivity contribution in [1.29, 1.82) is 0 Å². The van der Waals surface area contributed by atoms with Crippen LogP contribution in [0, 0.1) is 0 Å². The number of rotatable bonds is 8. The van der Waals surface area contributed by atoms with Gasteiger partial charge in [0.15, 0.2) is 0 Å². The van der Waals surface area contributed by atoms with Crippen LogP contribution in [0.2, 0.25) is 10.0 Å². The SMILES string of the molecule is COCCNCCCc1nnc(-c2ccc(Cl)c(Cl)c2)s1. The minimum absolute atomic E-state index is 0.535. The summed E-state index contributed by atoms with van der Waals surface area (Å²) < 4.78 is 4.97. The second-order valence-electron chi connectivity index (χ2n) is 4.48. The topological polar surface area (TPSA) is 47.0 Å². The molecular weight excluding hydrogens is 329 g/mol. The second kappa shape index (κ2) is 8.66. The molecule has 0 saturated heterocycles. The molecule has 1 heterocycles. The molecule has 0 spiro atoms. The van der Waals surface area contributed by atoms with Crippen LogP contribution in [0.5, 0.6) is 0 Å². The molecule has 0 bridgehead atoms. The molecule has 0 aliphatic carbocycles. The van der Waals surface area contributed by atoms with Crippen molar-refractivity contribution in [2.24, 2.45) is 0 Å². The Morgan fingerprint density at radius 1 is 1.19 bits per heavy atom. The number of ether oxygens (including phenoxy) is 1. The number of halogens is 2. The Morgan fingerprint density at radius 2 is 2.05 bits per heavy atom. The largest absolute Gasteiger partial charge is 0.383 e. The third kappa shape index (κ3) is 5.20. The van der Waals surface area contributed by atoms with E-state index in [-0.39, 0.29) is 0 Å². The molecule has 7 heteroatoms. The Balaban J connectivity index is 1.85. The van der Waals surface area contributed by atoms with Crippen LogP contribution >= 0.6 is 34.5 Å². The Morgan fingerprint density at radius 3 is 2.81 bits per heavy atom. The second-order valence-corrected chi connectivity index (χ2v) is 6.35. The van der Waals surface area contributed by atoms with Gasteiger partial charge in [0.1, 0.15) is 10.0 Å². The van der Waals surface area contributed by atoms with Gasteiger partial charge in [-0.25, -0.2) is 0 Å². The first-order valence-electron chi connectivity index (χ1n) is 6.68. The summed E-state index contributed by atoms with van der Waals surface area (Å²) >= 11 is 13.5. The summed E-state index contributed by atoms with van der Waals surface area (Å²) in [4.78, 5) is 0. The van der Waals surface area contributed by atoms with Crippen LogP contribution in [0.4, 0.5) is 0 Å². The summed E-state index contributed by atoms with van der Waals surface area (Å²) in [6.45, 7) is 2.56. The van der Waals surface area contributed by atoms with Gasteiger partial charge in [0.25, 0.3) is 0 Å². The number of hydrogen-bond donors (Lipinski definition) is 1. The zero-order valence-corrected chi connectivity index (χ0v) is 14.1. The molecular formula is C14H17Cl2N3OS. The molecule has 0 aliphatic rings. The lowest BCUT2D eigenvalue weighted by Gasteiger charge is -2.01. The average Bonchev–Trinajstić information content (AvgIpc) is 2.94. The van der Waals surface area contributed by atoms with E-state index in [4.69, 9.17) is 27.9 Å². The van der Waals surface area contributed by atoms with E-state index in [2.05, 4.69) is 15.5 Å². The van der Waals surface area contributed by atoms with E-state index in [1.54, 1.807) is 24.5 Å². The van der Waals surface area contributed by atoms with Gasteiger partial charge in [-0.2, -0.15) is 0 Å². The predicted octanol–water partition coefficient (Wildman–Crippen LogP) is 3.68. The number of aryl methyl sites for hydroxylation is 1. The van der Waals surface area contributed by atoms with Crippen molar-refractivity contribution in [1.82, 2.24) is 15.5 Å². The average molecular weight is 346 g/mol. The number of nitrogens with one attached hydrogen (secondary N) is 1. The molecule has 0 radical (unpaired) electrons. The van der Waals surface area contributed by atoms with Crippen molar-refractivity contribution >= 4 is 34.5 Å². The van der Waals surface area contributed by atoms with Crippen LogP contribution < -0.4 is 5.32 Å². The van der Waals surface area contributed by atoms with E-state index in [0.29, 0.717) is 10.0 Å². The van der Waals surface area contributed by atoms with Crippen LogP contribution in [0.25, 0.3) is 10.6 Å². The molecule has 2 aromatic rings. The van der Waals surface area contributed by atoms with Gasteiger partial charge in [0, 0.05) is 25.6 Å². The summed E-state index contributed by atoms with van der Waals surface area (Å²) in [6, 6.07) is 5.51. The molecule has 0 amide bonds. The molecule has 0 atom stereocenters. The normalized spacial score (nSPS) is 11.0. The molecule has 1 aromatic heterocycles. The minimum atomic E-state index is 0.535. The smallest absolute Gasteiger partial charge is 0.147 e. The molecule has 1 aromatic carbocycles. The Bertz CT molecular complexity index is 577. The first-order chi connectivity index (χ1) is 10.2. The Kier molecular flexibility index (Phi) is 6.86. The van der Waals surface area contributed by atoms with Crippen molar-refractivity contribution in [3.05, 3.63) is 33.3 Å². The molecule has 21 heavy (non-hydrogen) atoms. The fraction of sp³-hybridized carbons (Fsp3) is 0.429. The van der Waals surface area contributed by atoms with Crippen molar-refractivity contribution in [2.75, 3.05) is 26.8 Å². The molecule has 114 valence electrons. The number of aromatic nitrogens is 2. The van der Waals surface area contributed by atoms with Crippen LogP contribution in [-0.2, 0) is 11.2 Å². The highest BCUT2D eigenvalue weighted by Gasteiger charge is 2.08. The first kappa shape index (κ1) is 16.6. The summed E-state index contributed by atoms with van der Waals surface area (Å²) in [6.07, 6.45) is 1.94. The molecule has 0 saturated carbocycles. The standard InChI is InChI=1S/C14H17Cl2N3OS/c1-20-8-7-17-6-2-3-13-18-19-14(21-13)10-4-5-11(15)12(16)9-10/h4-5,9,17H,2-3,6-8H2,1H3. The van der Waals surface area contributed by atoms with E-state index >= 15 is 0 Å². The maximum absolute atomic E-state index is 6.02. The van der Waals surface area contributed by atoms with E-state index in [1.165, 1.54) is 0 Å². The highest BCUT2D eigenvalue weighted by Crippen LogP contribution is 2.30. The van der Waals surface area contributed by atoms with Gasteiger partial charge in [-0.05, 0) is 25.1 Å². The van der Waals surface area contributed by atoms with Gasteiger partial charge in [-0.3, -0.25) is 0 Å². The third-order valence-electron chi connectivity index (χ3n) is 2.86. The summed E-state index contributed by atoms with van der Waals surface area (Å²) in [5, 5.41) is 14.7. The van der Waals surface area contributed by atoms with Crippen LogP contribution in [0.15, 0.2) is 18.2 Å². The third-order valence-corrected chi connectivity index (χ3v) is 4.63. The van der Waals surface area contributed by atoms with E-state index in [1.807, 2.05) is 12.1 Å². The highest BCUT2D eigenvalue weighted by molar-refractivity contribution is 7.14. The van der Waals surface area contributed by atoms with Gasteiger partial charge in [-0.15, -0.1) is 10.2 Å². The zero-order valence-electron chi connectivity index (χ0n) is 11.7. The maximum atomic E-state index is 6.02. The molecule has 0 aliphatic heterocycles. The first-order valence-corrected chi connectivity index (χ1v) is 8.25. The highest BCUT2D eigenvalue weighted by atomic mass is 35.5. The van der Waals surface area contributed by atoms with Gasteiger partial charge < -0.3 is 10.1 Å². The number of nitrogens with zero attached hydrogens (tertiary/aromatic N) is 2. The lowest BCUT2D eigenvalue weighted by Crippen LogP contribution is -2.20. The predicted molar refractivity (Wildman–Crippen MR) is 88.4 cm³/mol. The van der Waals surface area contributed by atoms with Gasteiger partial charge in [0.05, 0.1) is 16.7 Å². The molecule has 2 rings (SSSR count). The van der Waals surface area contributed by atoms with Crippen molar-refractivity contribution in [3.63, 3.8) is 0 Å². The fourth-order valence-electron chi connectivity index (χ4n) is 1.76. The van der Waals surface area contributed by atoms with E-state index < -0.39 is 0 Å².